The van der Waals surface area contributed by atoms with E-state index in [9.17, 15) is 27.6 Å². The molecule has 3 heterocycles. The topological polar surface area (TPSA) is 132 Å². The summed E-state index contributed by atoms with van der Waals surface area (Å²) < 4.78 is 62.8. The standard InChI is InChI=1S/C21H21F3N5O4PS/c1-11(21(22,23)24)5-7-29-20(31)16(18(30)17(27-29)12-6-8-35-10-12)19-26-14-4-3-13(25)9-15(14)34(32,28-19)33-2/h3-4,6,8-11,30H,5,7,25H2,1-2H3,(H,26,28,32). The number of thiophene rings is 1. The fourth-order valence-electron chi connectivity index (χ4n) is 3.48. The van der Waals surface area contributed by atoms with Crippen LogP contribution in [0.15, 0.2) is 44.6 Å². The highest BCUT2D eigenvalue weighted by Crippen LogP contribution is 2.51. The summed E-state index contributed by atoms with van der Waals surface area (Å²) in [5, 5.41) is 21.6. The molecule has 3 aromatic rings. The molecule has 0 bridgehead atoms. The molecule has 2 aromatic heterocycles. The molecule has 0 saturated heterocycles. The van der Waals surface area contributed by atoms with E-state index in [1.165, 1.54) is 36.6 Å². The molecule has 0 amide bonds. The molecular weight excluding hydrogens is 506 g/mol. The highest BCUT2D eigenvalue weighted by molar-refractivity contribution is 7.66. The maximum atomic E-state index is 13.5. The quantitative estimate of drug-likeness (QED) is 0.324. The molecule has 0 radical (unpaired) electrons. The Hall–Kier alpha value is -3.15. The van der Waals surface area contributed by atoms with Crippen molar-refractivity contribution in [2.24, 2.45) is 10.7 Å². The molecule has 1 aromatic carbocycles. The number of amidine groups is 1. The molecule has 186 valence electrons. The van der Waals surface area contributed by atoms with Crippen molar-refractivity contribution in [2.45, 2.75) is 26.1 Å². The van der Waals surface area contributed by atoms with Gasteiger partial charge in [0, 0.05) is 30.3 Å². The van der Waals surface area contributed by atoms with E-state index >= 15 is 0 Å². The van der Waals surface area contributed by atoms with Crippen molar-refractivity contribution in [2.75, 3.05) is 18.2 Å². The van der Waals surface area contributed by atoms with Crippen molar-refractivity contribution in [3.8, 4) is 17.0 Å². The summed E-state index contributed by atoms with van der Waals surface area (Å²) in [5.41, 5.74) is 5.54. The zero-order valence-electron chi connectivity index (χ0n) is 18.5. The van der Waals surface area contributed by atoms with Gasteiger partial charge in [0.05, 0.1) is 16.9 Å². The summed E-state index contributed by atoms with van der Waals surface area (Å²) in [7, 11) is -2.72. The molecule has 1 aliphatic rings. The first kappa shape index (κ1) is 25.0. The van der Waals surface area contributed by atoms with Crippen LogP contribution in [0.1, 0.15) is 18.9 Å². The Balaban J connectivity index is 1.88. The number of aryl methyl sites for hydroxylation is 1. The molecular formula is C21H21F3N5O4PS. The first-order valence-electron chi connectivity index (χ1n) is 10.3. The smallest absolute Gasteiger partial charge is 0.391 e. The van der Waals surface area contributed by atoms with Gasteiger partial charge in [0.15, 0.2) is 11.6 Å². The minimum atomic E-state index is -4.44. The van der Waals surface area contributed by atoms with E-state index in [2.05, 4.69) is 15.2 Å². The zero-order chi connectivity index (χ0) is 25.5. The Morgan fingerprint density at radius 1 is 1.34 bits per heavy atom. The zero-order valence-corrected chi connectivity index (χ0v) is 20.2. The number of rotatable bonds is 6. The summed E-state index contributed by atoms with van der Waals surface area (Å²) in [6, 6.07) is 6.12. The second-order valence-corrected chi connectivity index (χ2v) is 10.8. The van der Waals surface area contributed by atoms with Gasteiger partial charge in [-0.3, -0.25) is 9.36 Å². The Kier molecular flexibility index (Phi) is 6.52. The predicted octanol–water partition coefficient (Wildman–Crippen LogP) is 4.19. The molecule has 0 aliphatic carbocycles. The van der Waals surface area contributed by atoms with Crippen LogP contribution < -0.4 is 21.9 Å². The van der Waals surface area contributed by atoms with Crippen LogP contribution in [0.2, 0.25) is 0 Å². The fraction of sp³-hybridized carbons (Fsp3) is 0.286. The molecule has 0 spiro atoms. The number of aromatic nitrogens is 2. The number of hydrogen-bond donors (Lipinski definition) is 3. The van der Waals surface area contributed by atoms with E-state index in [1.54, 1.807) is 16.8 Å². The second-order valence-electron chi connectivity index (χ2n) is 7.90. The molecule has 0 saturated carbocycles. The number of alkyl halides is 3. The van der Waals surface area contributed by atoms with Crippen molar-refractivity contribution in [3.63, 3.8) is 0 Å². The molecule has 1 aliphatic heterocycles. The Morgan fingerprint density at radius 3 is 2.71 bits per heavy atom. The minimum Gasteiger partial charge on any atom is -0.505 e. The van der Waals surface area contributed by atoms with Crippen molar-refractivity contribution in [1.82, 2.24) is 9.78 Å². The van der Waals surface area contributed by atoms with Gasteiger partial charge in [-0.25, -0.2) is 4.68 Å². The second kappa shape index (κ2) is 9.14. The molecule has 9 nitrogen and oxygen atoms in total. The van der Waals surface area contributed by atoms with E-state index < -0.39 is 37.3 Å². The van der Waals surface area contributed by atoms with Gasteiger partial charge in [0.2, 0.25) is 0 Å². The van der Waals surface area contributed by atoms with Crippen molar-refractivity contribution in [3.05, 3.63) is 50.9 Å². The Morgan fingerprint density at radius 2 is 2.09 bits per heavy atom. The van der Waals surface area contributed by atoms with Crippen LogP contribution >= 0.6 is 18.9 Å². The molecule has 0 fully saturated rings. The summed E-state index contributed by atoms with van der Waals surface area (Å²) >= 11 is 1.30. The summed E-state index contributed by atoms with van der Waals surface area (Å²) in [4.78, 5) is 13.3. The van der Waals surface area contributed by atoms with Crippen LogP contribution in [-0.2, 0) is 15.6 Å². The molecule has 2 atom stereocenters. The van der Waals surface area contributed by atoms with Crippen LogP contribution in [0.4, 0.5) is 24.5 Å². The largest absolute Gasteiger partial charge is 0.505 e. The summed E-state index contributed by atoms with van der Waals surface area (Å²) in [5.74, 6) is -2.50. The van der Waals surface area contributed by atoms with E-state index in [4.69, 9.17) is 10.3 Å². The molecule has 35 heavy (non-hydrogen) atoms. The monoisotopic (exact) mass is 527 g/mol. The van der Waals surface area contributed by atoms with Crippen LogP contribution in [0, 0.1) is 5.92 Å². The maximum Gasteiger partial charge on any atom is 0.391 e. The first-order chi connectivity index (χ1) is 16.4. The van der Waals surface area contributed by atoms with Gasteiger partial charge in [-0.1, -0.05) is 6.92 Å². The van der Waals surface area contributed by atoms with E-state index in [1.807, 2.05) is 0 Å². The lowest BCUT2D eigenvalue weighted by atomic mass is 10.1. The maximum absolute atomic E-state index is 13.5. The lowest BCUT2D eigenvalue weighted by molar-refractivity contribution is -0.171. The number of nitrogen functional groups attached to an aromatic ring is 1. The molecule has 4 rings (SSSR count). The van der Waals surface area contributed by atoms with Gasteiger partial charge in [0.1, 0.15) is 11.3 Å². The minimum absolute atomic E-state index is 0.0274. The van der Waals surface area contributed by atoms with Crippen LogP contribution in [-0.4, -0.2) is 34.0 Å². The van der Waals surface area contributed by atoms with Gasteiger partial charge < -0.3 is 20.7 Å². The normalized spacial score (nSPS) is 18.5. The first-order valence-corrected chi connectivity index (χ1v) is 12.8. The predicted molar refractivity (Wildman–Crippen MR) is 129 cm³/mol. The van der Waals surface area contributed by atoms with Gasteiger partial charge >= 0.3 is 13.7 Å². The average molecular weight is 527 g/mol. The van der Waals surface area contributed by atoms with Gasteiger partial charge in [-0.2, -0.15) is 34.4 Å². The number of nitrogens with two attached hydrogens (primary N) is 1. The SMILES string of the molecule is COP1(=O)N=C(c2c(O)c(-c3ccsc3)nn(CCC(C)C(F)(F)F)c2=O)Nc2ccc(N)cc21. The summed E-state index contributed by atoms with van der Waals surface area (Å²) in [6.07, 6.45) is -4.85. The number of halogens is 3. The van der Waals surface area contributed by atoms with Crippen molar-refractivity contribution < 1.29 is 27.4 Å². The number of fused-ring (bicyclic) bond motifs is 1. The van der Waals surface area contributed by atoms with Gasteiger partial charge in [-0.15, -0.1) is 0 Å². The Labute approximate surface area is 201 Å². The number of hydrogen-bond acceptors (Lipinski definition) is 8. The lowest BCUT2D eigenvalue weighted by Gasteiger charge is -2.25. The third-order valence-corrected chi connectivity index (χ3v) is 8.17. The van der Waals surface area contributed by atoms with Crippen LogP contribution in [0.3, 0.4) is 0 Å². The Bertz CT molecular complexity index is 1410. The highest BCUT2D eigenvalue weighted by atomic mass is 32.1. The third-order valence-electron chi connectivity index (χ3n) is 5.55. The number of aromatic hydroxyl groups is 1. The lowest BCUT2D eigenvalue weighted by Crippen LogP contribution is -2.35. The molecule has 4 N–H and O–H groups in total. The number of anilines is 2. The van der Waals surface area contributed by atoms with Gasteiger partial charge in [0.25, 0.3) is 5.56 Å². The number of nitrogens with zero attached hydrogens (tertiary/aromatic N) is 3. The molecule has 14 heteroatoms. The highest BCUT2D eigenvalue weighted by Gasteiger charge is 2.37. The van der Waals surface area contributed by atoms with Gasteiger partial charge in [-0.05, 0) is 36.1 Å². The average Bonchev–Trinajstić information content (AvgIpc) is 3.33. The number of nitrogens with one attached hydrogen (secondary N) is 1. The van der Waals surface area contributed by atoms with Crippen LogP contribution in [0.25, 0.3) is 11.3 Å². The van der Waals surface area contributed by atoms with E-state index in [0.717, 1.165) is 11.6 Å². The molecule has 2 unspecified atom stereocenters. The van der Waals surface area contributed by atoms with Crippen molar-refractivity contribution in [1.29, 1.82) is 0 Å². The van der Waals surface area contributed by atoms with E-state index in [0.29, 0.717) is 16.9 Å². The number of benzene rings is 1. The van der Waals surface area contributed by atoms with E-state index in [-0.39, 0.29) is 28.9 Å². The van der Waals surface area contributed by atoms with Crippen LogP contribution in [0.5, 0.6) is 5.75 Å². The third kappa shape index (κ3) is 4.71. The summed E-state index contributed by atoms with van der Waals surface area (Å²) in [6.45, 7) is 0.642. The van der Waals surface area contributed by atoms with Crippen molar-refractivity contribution >= 4 is 41.4 Å². The fourth-order valence-corrected chi connectivity index (χ4v) is 5.67.